The maximum absolute atomic E-state index is 6.56. The number of hydrogen-bond donors (Lipinski definition) is 0. The number of rotatable bonds is 18. The zero-order valence-electron chi connectivity index (χ0n) is 32.3. The van der Waals surface area contributed by atoms with E-state index in [4.69, 9.17) is 47.4 Å². The van der Waals surface area contributed by atoms with Gasteiger partial charge >= 0.3 is 0 Å². The summed E-state index contributed by atoms with van der Waals surface area (Å²) in [5, 5.41) is 0. The van der Waals surface area contributed by atoms with E-state index >= 15 is 0 Å². The van der Waals surface area contributed by atoms with Gasteiger partial charge in [0.15, 0.2) is 23.0 Å². The molecule has 0 saturated carbocycles. The lowest BCUT2D eigenvalue weighted by Crippen LogP contribution is -2.32. The predicted octanol–water partition coefficient (Wildman–Crippen LogP) is 9.34. The molecular formula is C43H50O10. The van der Waals surface area contributed by atoms with Gasteiger partial charge in [0.05, 0.1) is 95.1 Å². The first-order chi connectivity index (χ1) is 25.8. The minimum Gasteiger partial charge on any atom is -0.496 e. The van der Waals surface area contributed by atoms with Gasteiger partial charge in [-0.3, -0.25) is 0 Å². The average Bonchev–Trinajstić information content (AvgIpc) is 3.49. The number of fused-ring (bicyclic) bond motifs is 3. The molecule has 10 heteroatoms. The van der Waals surface area contributed by atoms with Crippen LogP contribution in [0.4, 0.5) is 0 Å². The van der Waals surface area contributed by atoms with E-state index in [0.717, 1.165) is 22.3 Å². The van der Waals surface area contributed by atoms with Crippen LogP contribution in [0.1, 0.15) is 72.3 Å². The van der Waals surface area contributed by atoms with Crippen molar-refractivity contribution in [2.45, 2.75) is 44.3 Å². The molecule has 1 aliphatic rings. The van der Waals surface area contributed by atoms with Crippen molar-refractivity contribution in [2.24, 2.45) is 0 Å². The fourth-order valence-corrected chi connectivity index (χ4v) is 8.09. The first-order valence-corrected chi connectivity index (χ1v) is 17.4. The van der Waals surface area contributed by atoms with Crippen molar-refractivity contribution in [3.05, 3.63) is 108 Å². The van der Waals surface area contributed by atoms with Gasteiger partial charge in [-0.25, -0.2) is 0 Å². The Hall–Kier alpha value is -5.32. The maximum Gasteiger partial charge on any atom is 0.204 e. The highest BCUT2D eigenvalue weighted by molar-refractivity contribution is 5.92. The van der Waals surface area contributed by atoms with Crippen LogP contribution in [0.3, 0.4) is 0 Å². The summed E-state index contributed by atoms with van der Waals surface area (Å²) in [4.78, 5) is 0. The van der Waals surface area contributed by atoms with Crippen LogP contribution in [0.2, 0.25) is 0 Å². The number of ether oxygens (including phenoxy) is 10. The topological polar surface area (TPSA) is 92.3 Å². The zero-order valence-corrected chi connectivity index (χ0v) is 32.3. The Morgan fingerprint density at radius 3 is 1.11 bits per heavy atom. The number of hydrogen-bond acceptors (Lipinski definition) is 10. The Labute approximate surface area is 312 Å². The highest BCUT2D eigenvalue weighted by atomic mass is 16.5. The molecule has 0 radical (unpaired) electrons. The smallest absolute Gasteiger partial charge is 0.204 e. The van der Waals surface area contributed by atoms with Crippen molar-refractivity contribution in [1.82, 2.24) is 0 Å². The zero-order chi connectivity index (χ0) is 38.4. The Morgan fingerprint density at radius 1 is 0.491 bits per heavy atom. The van der Waals surface area contributed by atoms with Crippen LogP contribution in [0.15, 0.2) is 74.2 Å². The van der Waals surface area contributed by atoms with Gasteiger partial charge in [-0.15, -0.1) is 0 Å². The van der Waals surface area contributed by atoms with Crippen LogP contribution in [-0.2, 0) is 14.9 Å². The van der Waals surface area contributed by atoms with Crippen LogP contribution < -0.4 is 37.9 Å². The molecule has 2 unspecified atom stereocenters. The molecule has 0 spiro atoms. The first-order valence-electron chi connectivity index (χ1n) is 17.4. The minimum absolute atomic E-state index is 0.315. The van der Waals surface area contributed by atoms with Gasteiger partial charge in [-0.2, -0.15) is 0 Å². The van der Waals surface area contributed by atoms with Gasteiger partial charge < -0.3 is 47.4 Å². The Balaban J connectivity index is 2.28. The van der Waals surface area contributed by atoms with E-state index in [1.54, 1.807) is 56.9 Å². The molecule has 0 N–H and O–H groups in total. The predicted molar refractivity (Wildman–Crippen MR) is 205 cm³/mol. The summed E-state index contributed by atoms with van der Waals surface area (Å²) in [5.41, 5.74) is 4.81. The van der Waals surface area contributed by atoms with E-state index in [1.807, 2.05) is 38.1 Å². The van der Waals surface area contributed by atoms with Crippen LogP contribution in [-0.4, -0.2) is 56.9 Å². The summed E-state index contributed by atoms with van der Waals surface area (Å²) in [6.07, 6.45) is 2.82. The summed E-state index contributed by atoms with van der Waals surface area (Å²) < 4.78 is 63.0. The molecule has 5 rings (SSSR count). The van der Waals surface area contributed by atoms with Crippen LogP contribution >= 0.6 is 0 Å². The van der Waals surface area contributed by atoms with E-state index in [9.17, 15) is 0 Å². The second-order valence-corrected chi connectivity index (χ2v) is 12.1. The fourth-order valence-electron chi connectivity index (χ4n) is 8.09. The van der Waals surface area contributed by atoms with Crippen LogP contribution in [0.25, 0.3) is 11.1 Å². The van der Waals surface area contributed by atoms with E-state index in [-0.39, 0.29) is 0 Å². The largest absolute Gasteiger partial charge is 0.496 e. The van der Waals surface area contributed by atoms with Crippen molar-refractivity contribution in [3.63, 3.8) is 0 Å². The monoisotopic (exact) mass is 726 g/mol. The molecular weight excluding hydrogens is 676 g/mol. The van der Waals surface area contributed by atoms with Crippen molar-refractivity contribution in [2.75, 3.05) is 56.9 Å². The van der Waals surface area contributed by atoms with Crippen LogP contribution in [0.5, 0.6) is 46.0 Å². The highest BCUT2D eigenvalue weighted by Crippen LogP contribution is 2.69. The van der Waals surface area contributed by atoms with Gasteiger partial charge in [-0.05, 0) is 35.1 Å². The molecule has 53 heavy (non-hydrogen) atoms. The highest BCUT2D eigenvalue weighted by Gasteiger charge is 2.56. The molecule has 0 heterocycles. The quantitative estimate of drug-likeness (QED) is 0.0814. The molecule has 2 atom stereocenters. The van der Waals surface area contributed by atoms with E-state index in [2.05, 4.69) is 37.4 Å². The van der Waals surface area contributed by atoms with E-state index in [0.29, 0.717) is 81.1 Å². The molecule has 0 fully saturated rings. The summed E-state index contributed by atoms with van der Waals surface area (Å²) in [5.74, 6) is 2.89. The molecule has 1 aliphatic carbocycles. The maximum atomic E-state index is 6.56. The molecule has 0 bridgehead atoms. The third-order valence-electron chi connectivity index (χ3n) is 10.00. The summed E-state index contributed by atoms with van der Waals surface area (Å²) in [7, 11) is 12.8. The van der Waals surface area contributed by atoms with Gasteiger partial charge in [0.25, 0.3) is 0 Å². The first kappa shape index (κ1) is 38.9. The Bertz CT molecular complexity index is 1820. The third kappa shape index (κ3) is 5.81. The molecule has 10 nitrogen and oxygen atoms in total. The van der Waals surface area contributed by atoms with Crippen molar-refractivity contribution in [3.8, 4) is 57.1 Å². The fraction of sp³-hybridized carbons (Fsp3) is 0.349. The summed E-state index contributed by atoms with van der Waals surface area (Å²) >= 11 is 0. The average molecular weight is 727 g/mol. The Morgan fingerprint density at radius 2 is 0.830 bits per heavy atom. The van der Waals surface area contributed by atoms with Crippen molar-refractivity contribution in [1.29, 1.82) is 0 Å². The Kier molecular flexibility index (Phi) is 12.2. The minimum atomic E-state index is -1.32. The van der Waals surface area contributed by atoms with E-state index in [1.165, 1.54) is 12.5 Å². The second kappa shape index (κ2) is 16.6. The van der Waals surface area contributed by atoms with Gasteiger partial charge in [-0.1, -0.05) is 75.5 Å². The molecule has 282 valence electrons. The lowest BCUT2D eigenvalue weighted by molar-refractivity contribution is 0.0944. The van der Waals surface area contributed by atoms with Crippen molar-refractivity contribution < 1.29 is 47.4 Å². The number of methoxy groups -OCH3 is 8. The standard InChI is InChI=1S/C43H50O10/c1-13-29(44-5)31-35(46-7)33(39(48-9)41(50-11)37(31)52-15-3)43(27-23-19-17-21-25(27)26-22-18-20-24-28(26)43)34-36(47-8)32(30(14-2)45-6)38(53-16-4)42(51-12)40(34)49-10/h15-24,29-30H,3-4,13-14H2,1-2,5-12H3. The lowest BCUT2D eigenvalue weighted by atomic mass is 9.65. The normalized spacial score (nSPS) is 13.5. The SMILES string of the molecule is C=COc1c(OC)c(OC)c(C2(c3c(OC)c(OC)c(OC=C)c(C(CC)OC)c3OC)c3ccccc3-c3ccccc32)c(OC)c1C(CC)OC. The third-order valence-corrected chi connectivity index (χ3v) is 10.00. The van der Waals surface area contributed by atoms with Crippen LogP contribution in [0, 0.1) is 0 Å². The lowest BCUT2D eigenvalue weighted by Gasteiger charge is -2.40. The summed E-state index contributed by atoms with van der Waals surface area (Å²) in [6.45, 7) is 11.8. The van der Waals surface area contributed by atoms with E-state index < -0.39 is 17.6 Å². The molecule has 0 aliphatic heterocycles. The van der Waals surface area contributed by atoms with Gasteiger partial charge in [0.2, 0.25) is 11.5 Å². The molecule has 4 aromatic carbocycles. The molecule has 0 saturated heterocycles. The summed E-state index contributed by atoms with van der Waals surface area (Å²) in [6, 6.07) is 16.4. The number of benzene rings is 4. The molecule has 0 aromatic heterocycles. The second-order valence-electron chi connectivity index (χ2n) is 12.1. The van der Waals surface area contributed by atoms with Crippen molar-refractivity contribution >= 4 is 0 Å². The molecule has 4 aromatic rings. The van der Waals surface area contributed by atoms with Gasteiger partial charge in [0.1, 0.15) is 11.5 Å². The van der Waals surface area contributed by atoms with Gasteiger partial charge in [0, 0.05) is 14.2 Å². The molecule has 0 amide bonds.